The molecule has 1 fully saturated rings. The maximum absolute atomic E-state index is 12.0. The monoisotopic (exact) mass is 476 g/mol. The van der Waals surface area contributed by atoms with Gasteiger partial charge in [0.1, 0.15) is 12.4 Å². The standard InChI is InChI=1S/C26H28N4O3S/c1-34(31,32)23-7-4-6-21(19-23)24-8-5-9-26-27-25(28-30(24)26)18-20-10-12-22(13-11-20)33-17-16-29-14-2-3-15-29/h4-13,19H,2-3,14-18H2,1H3. The van der Waals surface area contributed by atoms with Gasteiger partial charge in [-0.05, 0) is 67.9 Å². The van der Waals surface area contributed by atoms with Gasteiger partial charge in [-0.15, -0.1) is 0 Å². The highest BCUT2D eigenvalue weighted by Crippen LogP contribution is 2.24. The predicted molar refractivity (Wildman–Crippen MR) is 132 cm³/mol. The molecular formula is C26H28N4O3S. The van der Waals surface area contributed by atoms with E-state index in [1.807, 2.05) is 48.5 Å². The lowest BCUT2D eigenvalue weighted by Crippen LogP contribution is -2.25. The number of rotatable bonds is 8. The summed E-state index contributed by atoms with van der Waals surface area (Å²) in [5.41, 5.74) is 3.39. The summed E-state index contributed by atoms with van der Waals surface area (Å²) in [5.74, 6) is 1.58. The first-order chi connectivity index (χ1) is 16.5. The molecular weight excluding hydrogens is 448 g/mol. The first kappa shape index (κ1) is 22.6. The fraction of sp³-hybridized carbons (Fsp3) is 0.308. The zero-order valence-electron chi connectivity index (χ0n) is 19.2. The predicted octanol–water partition coefficient (Wildman–Crippen LogP) is 3.87. The van der Waals surface area contributed by atoms with Crippen LogP contribution in [0.5, 0.6) is 5.75 Å². The van der Waals surface area contributed by atoms with Crippen LogP contribution in [0.1, 0.15) is 24.2 Å². The summed E-state index contributed by atoms with van der Waals surface area (Å²) >= 11 is 0. The summed E-state index contributed by atoms with van der Waals surface area (Å²) < 4.78 is 31.6. The van der Waals surface area contributed by atoms with Crippen molar-refractivity contribution in [2.45, 2.75) is 24.2 Å². The van der Waals surface area contributed by atoms with Gasteiger partial charge in [0.05, 0.1) is 10.6 Å². The lowest BCUT2D eigenvalue weighted by Gasteiger charge is -2.14. The molecule has 3 heterocycles. The highest BCUT2D eigenvalue weighted by atomic mass is 32.2. The van der Waals surface area contributed by atoms with E-state index >= 15 is 0 Å². The maximum atomic E-state index is 12.0. The van der Waals surface area contributed by atoms with Gasteiger partial charge in [-0.3, -0.25) is 4.90 Å². The van der Waals surface area contributed by atoms with Gasteiger partial charge in [0.2, 0.25) is 0 Å². The lowest BCUT2D eigenvalue weighted by molar-refractivity contribution is 0.238. The molecule has 0 atom stereocenters. The largest absolute Gasteiger partial charge is 0.492 e. The van der Waals surface area contributed by atoms with Crippen LogP contribution in [-0.2, 0) is 16.3 Å². The van der Waals surface area contributed by atoms with Gasteiger partial charge in [-0.1, -0.05) is 30.3 Å². The molecule has 1 saturated heterocycles. The summed E-state index contributed by atoms with van der Waals surface area (Å²) in [7, 11) is -3.29. The molecule has 34 heavy (non-hydrogen) atoms. The first-order valence-corrected chi connectivity index (χ1v) is 13.4. The van der Waals surface area contributed by atoms with Crippen molar-refractivity contribution >= 4 is 15.5 Å². The first-order valence-electron chi connectivity index (χ1n) is 11.5. The Hall–Kier alpha value is -3.23. The Labute approximate surface area is 199 Å². The van der Waals surface area contributed by atoms with E-state index in [1.54, 1.807) is 22.7 Å². The van der Waals surface area contributed by atoms with Crippen LogP contribution in [0.25, 0.3) is 16.9 Å². The number of hydrogen-bond acceptors (Lipinski definition) is 6. The van der Waals surface area contributed by atoms with E-state index in [1.165, 1.54) is 32.2 Å². The van der Waals surface area contributed by atoms with Crippen LogP contribution >= 0.6 is 0 Å². The topological polar surface area (TPSA) is 76.8 Å². The molecule has 8 heteroatoms. The molecule has 0 N–H and O–H groups in total. The molecule has 0 unspecified atom stereocenters. The van der Waals surface area contributed by atoms with Crippen LogP contribution in [0, 0.1) is 0 Å². The fourth-order valence-corrected chi connectivity index (χ4v) is 4.98. The number of hydrogen-bond donors (Lipinski definition) is 0. The third kappa shape index (κ3) is 5.13. The van der Waals surface area contributed by atoms with Gasteiger partial charge in [0, 0.05) is 24.8 Å². The van der Waals surface area contributed by atoms with Crippen molar-refractivity contribution < 1.29 is 13.2 Å². The molecule has 0 radical (unpaired) electrons. The summed E-state index contributed by atoms with van der Waals surface area (Å²) in [6.45, 7) is 4.04. The molecule has 5 rings (SSSR count). The quantitative estimate of drug-likeness (QED) is 0.384. The molecule has 0 bridgehead atoms. The van der Waals surface area contributed by atoms with E-state index in [2.05, 4.69) is 9.88 Å². The van der Waals surface area contributed by atoms with Crippen LogP contribution in [0.4, 0.5) is 0 Å². The average molecular weight is 477 g/mol. The van der Waals surface area contributed by atoms with E-state index in [4.69, 9.17) is 9.84 Å². The highest BCUT2D eigenvalue weighted by Gasteiger charge is 2.13. The Kier molecular flexibility index (Phi) is 6.34. The van der Waals surface area contributed by atoms with Crippen molar-refractivity contribution in [1.82, 2.24) is 19.5 Å². The molecule has 176 valence electrons. The van der Waals surface area contributed by atoms with Gasteiger partial charge < -0.3 is 4.74 Å². The van der Waals surface area contributed by atoms with Crippen LogP contribution in [0.15, 0.2) is 71.6 Å². The molecule has 1 aliphatic heterocycles. The second-order valence-electron chi connectivity index (χ2n) is 8.73. The average Bonchev–Trinajstić information content (AvgIpc) is 3.49. The van der Waals surface area contributed by atoms with Crippen molar-refractivity contribution in [1.29, 1.82) is 0 Å². The van der Waals surface area contributed by atoms with Crippen LogP contribution < -0.4 is 4.74 Å². The summed E-state index contributed by atoms with van der Waals surface area (Å²) in [5, 5.41) is 4.71. The summed E-state index contributed by atoms with van der Waals surface area (Å²) in [4.78, 5) is 7.40. The Morgan fingerprint density at radius 1 is 0.971 bits per heavy atom. The van der Waals surface area contributed by atoms with Crippen molar-refractivity contribution in [3.63, 3.8) is 0 Å². The number of ether oxygens (including phenoxy) is 1. The van der Waals surface area contributed by atoms with Crippen molar-refractivity contribution in [2.75, 3.05) is 32.5 Å². The van der Waals surface area contributed by atoms with Crippen LogP contribution in [-0.4, -0.2) is 60.4 Å². The minimum absolute atomic E-state index is 0.282. The van der Waals surface area contributed by atoms with E-state index < -0.39 is 9.84 Å². The maximum Gasteiger partial charge on any atom is 0.175 e. The molecule has 0 saturated carbocycles. The van der Waals surface area contributed by atoms with Gasteiger partial charge >= 0.3 is 0 Å². The lowest BCUT2D eigenvalue weighted by atomic mass is 10.1. The molecule has 2 aromatic heterocycles. The minimum Gasteiger partial charge on any atom is -0.492 e. The Morgan fingerprint density at radius 2 is 1.74 bits per heavy atom. The molecule has 7 nitrogen and oxygen atoms in total. The number of likely N-dealkylation sites (tertiary alicyclic amines) is 1. The minimum atomic E-state index is -3.29. The van der Waals surface area contributed by atoms with Crippen LogP contribution in [0.3, 0.4) is 0 Å². The number of aromatic nitrogens is 3. The third-order valence-corrected chi connectivity index (χ3v) is 7.23. The molecule has 2 aromatic carbocycles. The number of fused-ring (bicyclic) bond motifs is 1. The fourth-order valence-electron chi connectivity index (χ4n) is 4.31. The number of pyridine rings is 1. The molecule has 0 amide bonds. The van der Waals surface area contributed by atoms with Gasteiger partial charge in [-0.2, -0.15) is 5.10 Å². The van der Waals surface area contributed by atoms with Gasteiger partial charge in [0.15, 0.2) is 21.3 Å². The summed E-state index contributed by atoms with van der Waals surface area (Å²) in [6.07, 6.45) is 4.39. The normalized spacial score (nSPS) is 14.6. The Bertz CT molecular complexity index is 1390. The van der Waals surface area contributed by atoms with E-state index in [-0.39, 0.29) is 4.90 Å². The van der Waals surface area contributed by atoms with E-state index in [9.17, 15) is 8.42 Å². The molecule has 0 spiro atoms. The Morgan fingerprint density at radius 3 is 2.50 bits per heavy atom. The van der Waals surface area contributed by atoms with Crippen molar-refractivity contribution in [3.8, 4) is 17.0 Å². The molecule has 0 aliphatic carbocycles. The molecule has 4 aromatic rings. The molecule has 1 aliphatic rings. The number of nitrogens with zero attached hydrogens (tertiary/aromatic N) is 4. The van der Waals surface area contributed by atoms with E-state index in [0.717, 1.165) is 34.8 Å². The van der Waals surface area contributed by atoms with E-state index in [0.29, 0.717) is 18.9 Å². The van der Waals surface area contributed by atoms with Crippen molar-refractivity contribution in [2.24, 2.45) is 0 Å². The highest BCUT2D eigenvalue weighted by molar-refractivity contribution is 7.90. The number of sulfone groups is 1. The Balaban J connectivity index is 1.31. The van der Waals surface area contributed by atoms with Crippen LogP contribution in [0.2, 0.25) is 0 Å². The number of benzene rings is 2. The van der Waals surface area contributed by atoms with Gasteiger partial charge in [-0.25, -0.2) is 17.9 Å². The second-order valence-corrected chi connectivity index (χ2v) is 10.7. The smallest absolute Gasteiger partial charge is 0.175 e. The third-order valence-electron chi connectivity index (χ3n) is 6.12. The summed E-state index contributed by atoms with van der Waals surface area (Å²) in [6, 6.07) is 20.7. The zero-order chi connectivity index (χ0) is 23.5. The zero-order valence-corrected chi connectivity index (χ0v) is 20.0. The van der Waals surface area contributed by atoms with Gasteiger partial charge in [0.25, 0.3) is 0 Å². The second kappa shape index (κ2) is 9.56. The SMILES string of the molecule is CS(=O)(=O)c1cccc(-c2cccc3nc(Cc4ccc(OCCN5CCCC5)cc4)nn23)c1. The van der Waals surface area contributed by atoms with Crippen molar-refractivity contribution in [3.05, 3.63) is 78.1 Å².